The zero-order valence-corrected chi connectivity index (χ0v) is 11.0. The number of hydrogen-bond acceptors (Lipinski definition) is 2. The van der Waals surface area contributed by atoms with Gasteiger partial charge in [0.15, 0.2) is 0 Å². The molecule has 0 radical (unpaired) electrons. The fourth-order valence-electron chi connectivity index (χ4n) is 3.18. The van der Waals surface area contributed by atoms with Gasteiger partial charge in [-0.25, -0.2) is 0 Å². The number of fused-ring (bicyclic) bond motifs is 2. The Morgan fingerprint density at radius 2 is 1.65 bits per heavy atom. The van der Waals surface area contributed by atoms with Crippen molar-refractivity contribution >= 4 is 17.3 Å². The fraction of sp³-hybridized carbons (Fsp3) is 0.571. The van der Waals surface area contributed by atoms with E-state index in [0.717, 1.165) is 30.2 Å². The Labute approximate surface area is 108 Å². The average molecular weight is 251 g/mol. The van der Waals surface area contributed by atoms with Crippen molar-refractivity contribution in [1.29, 1.82) is 0 Å². The molecule has 2 aliphatic heterocycles. The molecule has 2 atom stereocenters. The van der Waals surface area contributed by atoms with E-state index in [1.165, 1.54) is 24.9 Å². The summed E-state index contributed by atoms with van der Waals surface area (Å²) in [6.45, 7) is 2.32. The predicted octanol–water partition coefficient (Wildman–Crippen LogP) is 3.01. The highest BCUT2D eigenvalue weighted by Gasteiger charge is 2.34. The summed E-state index contributed by atoms with van der Waals surface area (Å²) in [5.41, 5.74) is 1.32. The number of rotatable bonds is 1. The summed E-state index contributed by atoms with van der Waals surface area (Å²) < 4.78 is 0. The first-order chi connectivity index (χ1) is 8.24. The molecule has 17 heavy (non-hydrogen) atoms. The number of piperidine rings is 1. The molecule has 0 aliphatic carbocycles. The maximum atomic E-state index is 5.94. The van der Waals surface area contributed by atoms with E-state index in [1.807, 2.05) is 12.1 Å². The van der Waals surface area contributed by atoms with E-state index in [0.29, 0.717) is 0 Å². The van der Waals surface area contributed by atoms with Crippen LogP contribution >= 0.6 is 11.6 Å². The van der Waals surface area contributed by atoms with Crippen LogP contribution in [0.15, 0.2) is 24.3 Å². The van der Waals surface area contributed by atoms with Gasteiger partial charge in [-0.1, -0.05) is 18.0 Å². The quantitative estimate of drug-likeness (QED) is 0.756. The van der Waals surface area contributed by atoms with Crippen LogP contribution in [0, 0.1) is 0 Å². The van der Waals surface area contributed by atoms with Crippen molar-refractivity contribution < 1.29 is 0 Å². The maximum absolute atomic E-state index is 5.94. The Kier molecular flexibility index (Phi) is 3.01. The van der Waals surface area contributed by atoms with Crippen molar-refractivity contribution in [2.75, 3.05) is 25.0 Å². The van der Waals surface area contributed by atoms with Crippen molar-refractivity contribution in [2.45, 2.75) is 31.3 Å². The van der Waals surface area contributed by atoms with Gasteiger partial charge in [-0.05, 0) is 44.2 Å². The zero-order chi connectivity index (χ0) is 11.8. The molecule has 0 spiro atoms. The molecular weight excluding hydrogens is 232 g/mol. The fourth-order valence-corrected chi connectivity index (χ4v) is 3.31. The van der Waals surface area contributed by atoms with Crippen LogP contribution in [0.25, 0.3) is 0 Å². The predicted molar refractivity (Wildman–Crippen MR) is 72.9 cm³/mol. The first-order valence-corrected chi connectivity index (χ1v) is 6.84. The molecule has 1 aromatic rings. The van der Waals surface area contributed by atoms with Crippen LogP contribution < -0.4 is 4.90 Å². The molecule has 92 valence electrons. The third kappa shape index (κ3) is 2.16. The minimum atomic E-state index is 0.734. The van der Waals surface area contributed by atoms with Crippen molar-refractivity contribution in [1.82, 2.24) is 4.90 Å². The number of nitrogens with zero attached hydrogens (tertiary/aromatic N) is 2. The zero-order valence-electron chi connectivity index (χ0n) is 10.3. The van der Waals surface area contributed by atoms with Crippen LogP contribution in [0.1, 0.15) is 19.3 Å². The van der Waals surface area contributed by atoms with E-state index < -0.39 is 0 Å². The summed E-state index contributed by atoms with van der Waals surface area (Å²) in [5.74, 6) is 0. The first-order valence-electron chi connectivity index (χ1n) is 6.46. The molecule has 2 fully saturated rings. The third-order valence-electron chi connectivity index (χ3n) is 4.28. The Morgan fingerprint density at radius 3 is 2.24 bits per heavy atom. The standard InChI is InChI=1S/C14H19ClN2/c1-16-13-3-2-4-14(16)10-17(9-13)12-7-5-11(15)6-8-12/h5-8,13-14H,2-4,9-10H2,1H3. The summed E-state index contributed by atoms with van der Waals surface area (Å²) >= 11 is 5.94. The molecule has 2 aliphatic rings. The molecule has 0 N–H and O–H groups in total. The first kappa shape index (κ1) is 11.4. The highest BCUT2D eigenvalue weighted by Crippen LogP contribution is 2.30. The lowest BCUT2D eigenvalue weighted by Gasteiger charge is -2.49. The summed E-state index contributed by atoms with van der Waals surface area (Å²) in [6, 6.07) is 9.74. The van der Waals surface area contributed by atoms with Gasteiger partial charge in [0.1, 0.15) is 0 Å². The molecule has 2 bridgehead atoms. The van der Waals surface area contributed by atoms with Gasteiger partial charge < -0.3 is 4.90 Å². The lowest BCUT2D eigenvalue weighted by atomic mass is 9.92. The van der Waals surface area contributed by atoms with Gasteiger partial charge in [0, 0.05) is 35.9 Å². The largest absolute Gasteiger partial charge is 0.368 e. The van der Waals surface area contributed by atoms with Gasteiger partial charge >= 0.3 is 0 Å². The minimum absolute atomic E-state index is 0.734. The summed E-state index contributed by atoms with van der Waals surface area (Å²) in [7, 11) is 2.29. The molecule has 3 rings (SSSR count). The summed E-state index contributed by atoms with van der Waals surface area (Å²) in [6.07, 6.45) is 4.09. The minimum Gasteiger partial charge on any atom is -0.368 e. The molecular formula is C14H19ClN2. The lowest BCUT2D eigenvalue weighted by molar-refractivity contribution is 0.0950. The van der Waals surface area contributed by atoms with Crippen molar-refractivity contribution in [3.63, 3.8) is 0 Å². The SMILES string of the molecule is CN1C2CCCC1CN(c1ccc(Cl)cc1)C2. The Bertz CT molecular complexity index is 376. The smallest absolute Gasteiger partial charge is 0.0407 e. The maximum Gasteiger partial charge on any atom is 0.0407 e. The molecule has 3 heteroatoms. The Morgan fingerprint density at radius 1 is 1.06 bits per heavy atom. The van der Waals surface area contributed by atoms with Crippen molar-refractivity contribution in [2.24, 2.45) is 0 Å². The topological polar surface area (TPSA) is 6.48 Å². The number of likely N-dealkylation sites (N-methyl/N-ethyl adjacent to an activating group) is 1. The normalized spacial score (nSPS) is 29.4. The van der Waals surface area contributed by atoms with Gasteiger partial charge in [-0.3, -0.25) is 4.90 Å². The second kappa shape index (κ2) is 4.51. The van der Waals surface area contributed by atoms with Crippen LogP contribution in [-0.2, 0) is 0 Å². The van der Waals surface area contributed by atoms with Gasteiger partial charge in [-0.2, -0.15) is 0 Å². The molecule has 2 heterocycles. The monoisotopic (exact) mass is 250 g/mol. The Hall–Kier alpha value is -0.730. The molecule has 2 nitrogen and oxygen atoms in total. The van der Waals surface area contributed by atoms with Crippen LogP contribution in [0.3, 0.4) is 0 Å². The average Bonchev–Trinajstić information content (AvgIpc) is 2.30. The molecule has 0 saturated carbocycles. The summed E-state index contributed by atoms with van der Waals surface area (Å²) in [4.78, 5) is 5.10. The van der Waals surface area contributed by atoms with Crippen LogP contribution in [-0.4, -0.2) is 37.1 Å². The van der Waals surface area contributed by atoms with Gasteiger partial charge in [0.25, 0.3) is 0 Å². The number of benzene rings is 1. The third-order valence-corrected chi connectivity index (χ3v) is 4.53. The van der Waals surface area contributed by atoms with E-state index in [1.54, 1.807) is 0 Å². The van der Waals surface area contributed by atoms with E-state index in [-0.39, 0.29) is 0 Å². The van der Waals surface area contributed by atoms with Crippen LogP contribution in [0.5, 0.6) is 0 Å². The second-order valence-electron chi connectivity index (χ2n) is 5.29. The molecule has 0 amide bonds. The highest BCUT2D eigenvalue weighted by atomic mass is 35.5. The van der Waals surface area contributed by atoms with E-state index in [4.69, 9.17) is 11.6 Å². The number of halogens is 1. The van der Waals surface area contributed by atoms with Crippen LogP contribution in [0.2, 0.25) is 5.02 Å². The second-order valence-corrected chi connectivity index (χ2v) is 5.72. The van der Waals surface area contributed by atoms with Crippen molar-refractivity contribution in [3.8, 4) is 0 Å². The van der Waals surface area contributed by atoms with Gasteiger partial charge in [0.05, 0.1) is 0 Å². The van der Waals surface area contributed by atoms with E-state index in [9.17, 15) is 0 Å². The summed E-state index contributed by atoms with van der Waals surface area (Å²) in [5, 5.41) is 0.822. The van der Waals surface area contributed by atoms with E-state index in [2.05, 4.69) is 29.0 Å². The molecule has 1 aromatic carbocycles. The molecule has 0 aromatic heterocycles. The lowest BCUT2D eigenvalue weighted by Crippen LogP contribution is -2.59. The van der Waals surface area contributed by atoms with Crippen LogP contribution in [0.4, 0.5) is 5.69 Å². The van der Waals surface area contributed by atoms with Gasteiger partial charge in [-0.15, -0.1) is 0 Å². The Balaban J connectivity index is 1.79. The molecule has 2 unspecified atom stereocenters. The molecule has 2 saturated heterocycles. The number of hydrogen-bond donors (Lipinski definition) is 0. The van der Waals surface area contributed by atoms with E-state index >= 15 is 0 Å². The number of anilines is 1. The van der Waals surface area contributed by atoms with Crippen molar-refractivity contribution in [3.05, 3.63) is 29.3 Å². The highest BCUT2D eigenvalue weighted by molar-refractivity contribution is 6.30. The number of piperazine rings is 1. The van der Waals surface area contributed by atoms with Gasteiger partial charge in [0.2, 0.25) is 0 Å².